The van der Waals surface area contributed by atoms with Crippen LogP contribution in [0.2, 0.25) is 5.02 Å². The molecule has 0 saturated carbocycles. The summed E-state index contributed by atoms with van der Waals surface area (Å²) >= 11 is 6.98. The Labute approximate surface area is 172 Å². The van der Waals surface area contributed by atoms with Crippen molar-refractivity contribution in [3.05, 3.63) is 45.8 Å². The lowest BCUT2D eigenvalue weighted by atomic mass is 10.2. The fraction of sp³-hybridized carbons (Fsp3) is 0.294. The van der Waals surface area contributed by atoms with Gasteiger partial charge in [-0.25, -0.2) is 17.9 Å². The van der Waals surface area contributed by atoms with Gasteiger partial charge in [-0.15, -0.1) is 11.3 Å². The summed E-state index contributed by atoms with van der Waals surface area (Å²) in [5, 5.41) is 5.37. The summed E-state index contributed by atoms with van der Waals surface area (Å²) in [7, 11) is -2.59. The molecule has 3 amide bonds. The number of urea groups is 1. The Kier molecular flexibility index (Phi) is 7.67. The largest absolute Gasteiger partial charge is 0.493 e. The Hall–Kier alpha value is -2.30. The molecule has 0 atom stereocenters. The van der Waals surface area contributed by atoms with Crippen LogP contribution in [0.5, 0.6) is 5.75 Å². The second kappa shape index (κ2) is 9.76. The van der Waals surface area contributed by atoms with E-state index in [1.54, 1.807) is 18.2 Å². The third-order valence-electron chi connectivity index (χ3n) is 3.50. The third-order valence-corrected chi connectivity index (χ3v) is 6.70. The Balaban J connectivity index is 1.98. The molecule has 11 heteroatoms. The molecule has 3 N–H and O–H groups in total. The first-order valence-electron chi connectivity index (χ1n) is 8.30. The summed E-state index contributed by atoms with van der Waals surface area (Å²) in [6, 6.07) is 7.05. The van der Waals surface area contributed by atoms with Gasteiger partial charge in [-0.3, -0.25) is 4.79 Å². The molecule has 1 aromatic heterocycles. The molecule has 1 aromatic carbocycles. The number of halogens is 1. The zero-order chi connectivity index (χ0) is 20.7. The van der Waals surface area contributed by atoms with Gasteiger partial charge in [-0.05, 0) is 43.7 Å². The maximum atomic E-state index is 12.4. The van der Waals surface area contributed by atoms with Crippen LogP contribution in [0.1, 0.15) is 22.2 Å². The summed E-state index contributed by atoms with van der Waals surface area (Å²) in [5.74, 6) is 0.103. The van der Waals surface area contributed by atoms with E-state index in [9.17, 15) is 18.0 Å². The highest BCUT2D eigenvalue weighted by molar-refractivity contribution is 7.92. The van der Waals surface area contributed by atoms with Crippen LogP contribution < -0.4 is 20.1 Å². The standard InChI is InChI=1S/C17H20ClN3O5S2/c1-3-26-14-6-4-11(18)10-13(14)16(22)20-9-8-12-5-7-15(27-12)28(24,25)21-17(23)19-2/h4-7,10H,3,8-9H2,1-2H3,(H,20,22)(H2,19,21,23). The summed E-state index contributed by atoms with van der Waals surface area (Å²) in [6.07, 6.45) is 0.427. The highest BCUT2D eigenvalue weighted by Gasteiger charge is 2.19. The van der Waals surface area contributed by atoms with Gasteiger partial charge in [0, 0.05) is 23.5 Å². The molecule has 0 unspecified atom stereocenters. The molecule has 1 heterocycles. The number of nitrogens with one attached hydrogen (secondary N) is 3. The van der Waals surface area contributed by atoms with Gasteiger partial charge in [0.15, 0.2) is 0 Å². The molecular weight excluding hydrogens is 426 g/mol. The quantitative estimate of drug-likeness (QED) is 0.577. The van der Waals surface area contributed by atoms with E-state index in [4.69, 9.17) is 16.3 Å². The topological polar surface area (TPSA) is 114 Å². The van der Waals surface area contributed by atoms with Gasteiger partial charge in [0.1, 0.15) is 9.96 Å². The monoisotopic (exact) mass is 445 g/mol. The zero-order valence-electron chi connectivity index (χ0n) is 15.2. The van der Waals surface area contributed by atoms with E-state index in [1.165, 1.54) is 19.2 Å². The van der Waals surface area contributed by atoms with Crippen molar-refractivity contribution in [3.63, 3.8) is 0 Å². The van der Waals surface area contributed by atoms with Crippen molar-refractivity contribution in [1.82, 2.24) is 15.4 Å². The van der Waals surface area contributed by atoms with Gasteiger partial charge in [0.2, 0.25) is 0 Å². The number of ether oxygens (including phenoxy) is 1. The average Bonchev–Trinajstić information content (AvgIpc) is 3.12. The number of rotatable bonds is 8. The number of sulfonamides is 1. The van der Waals surface area contributed by atoms with Crippen molar-refractivity contribution in [2.75, 3.05) is 20.2 Å². The van der Waals surface area contributed by atoms with E-state index < -0.39 is 16.1 Å². The van der Waals surface area contributed by atoms with Gasteiger partial charge in [0.05, 0.1) is 12.2 Å². The van der Waals surface area contributed by atoms with E-state index in [2.05, 4.69) is 10.6 Å². The van der Waals surface area contributed by atoms with Gasteiger partial charge < -0.3 is 15.4 Å². The summed E-state index contributed by atoms with van der Waals surface area (Å²) in [6.45, 7) is 2.52. The van der Waals surface area contributed by atoms with Crippen LogP contribution in [-0.2, 0) is 16.4 Å². The third kappa shape index (κ3) is 5.85. The maximum absolute atomic E-state index is 12.4. The van der Waals surface area contributed by atoms with Crippen LogP contribution >= 0.6 is 22.9 Å². The second-order valence-corrected chi connectivity index (χ2v) is 9.00. The summed E-state index contributed by atoms with van der Waals surface area (Å²) in [4.78, 5) is 24.4. The maximum Gasteiger partial charge on any atom is 0.328 e. The molecule has 0 aliphatic rings. The van der Waals surface area contributed by atoms with Crippen LogP contribution in [-0.4, -0.2) is 40.6 Å². The van der Waals surface area contributed by atoms with E-state index in [1.807, 2.05) is 11.6 Å². The van der Waals surface area contributed by atoms with Crippen molar-refractivity contribution in [3.8, 4) is 5.75 Å². The molecule has 8 nitrogen and oxygen atoms in total. The smallest absolute Gasteiger partial charge is 0.328 e. The Morgan fingerprint density at radius 1 is 1.21 bits per heavy atom. The molecule has 28 heavy (non-hydrogen) atoms. The molecule has 2 aromatic rings. The number of hydrogen-bond donors (Lipinski definition) is 3. The van der Waals surface area contributed by atoms with Crippen molar-refractivity contribution in [2.45, 2.75) is 17.6 Å². The number of carbonyl (C=O) groups is 2. The van der Waals surface area contributed by atoms with Crippen LogP contribution in [0.3, 0.4) is 0 Å². The number of benzene rings is 1. The zero-order valence-corrected chi connectivity index (χ0v) is 17.6. The Bertz CT molecular complexity index is 959. The van der Waals surface area contributed by atoms with E-state index in [0.29, 0.717) is 35.9 Å². The van der Waals surface area contributed by atoms with Crippen molar-refractivity contribution in [2.24, 2.45) is 0 Å². The number of amides is 3. The lowest BCUT2D eigenvalue weighted by molar-refractivity contribution is 0.0950. The highest BCUT2D eigenvalue weighted by Crippen LogP contribution is 2.24. The van der Waals surface area contributed by atoms with Gasteiger partial charge in [-0.2, -0.15) is 0 Å². The number of hydrogen-bond acceptors (Lipinski definition) is 6. The van der Waals surface area contributed by atoms with E-state index in [0.717, 1.165) is 16.2 Å². The minimum absolute atomic E-state index is 0.0194. The number of thiophene rings is 1. The highest BCUT2D eigenvalue weighted by atomic mass is 35.5. The first-order chi connectivity index (χ1) is 13.3. The molecule has 152 valence electrons. The van der Waals surface area contributed by atoms with Crippen LogP contribution in [0.15, 0.2) is 34.5 Å². The lowest BCUT2D eigenvalue weighted by Gasteiger charge is -2.10. The molecule has 0 aliphatic heterocycles. The van der Waals surface area contributed by atoms with Gasteiger partial charge >= 0.3 is 6.03 Å². The fourth-order valence-corrected chi connectivity index (χ4v) is 4.70. The molecule has 0 fully saturated rings. The lowest BCUT2D eigenvalue weighted by Crippen LogP contribution is -2.36. The average molecular weight is 446 g/mol. The molecule has 0 aliphatic carbocycles. The minimum Gasteiger partial charge on any atom is -0.493 e. The van der Waals surface area contributed by atoms with Crippen LogP contribution in [0.4, 0.5) is 4.79 Å². The molecule has 0 radical (unpaired) electrons. The van der Waals surface area contributed by atoms with Crippen LogP contribution in [0.25, 0.3) is 0 Å². The second-order valence-electron chi connectivity index (χ2n) is 5.48. The van der Waals surface area contributed by atoms with Crippen molar-refractivity contribution < 1.29 is 22.7 Å². The Morgan fingerprint density at radius 2 is 1.96 bits per heavy atom. The molecule has 0 bridgehead atoms. The van der Waals surface area contributed by atoms with Gasteiger partial charge in [0.25, 0.3) is 15.9 Å². The molecular formula is C17H20ClN3O5S2. The summed E-state index contributed by atoms with van der Waals surface area (Å²) in [5.41, 5.74) is 0.332. The first kappa shape index (κ1) is 22.0. The predicted octanol–water partition coefficient (Wildman–Crippen LogP) is 2.39. The fourth-order valence-electron chi connectivity index (χ4n) is 2.22. The Morgan fingerprint density at radius 3 is 2.64 bits per heavy atom. The van der Waals surface area contributed by atoms with E-state index in [-0.39, 0.29) is 10.1 Å². The SMILES string of the molecule is CCOc1ccc(Cl)cc1C(=O)NCCc1ccc(S(=O)(=O)NC(=O)NC)s1. The molecule has 0 spiro atoms. The first-order valence-corrected chi connectivity index (χ1v) is 11.0. The van der Waals surface area contributed by atoms with Gasteiger partial charge in [-0.1, -0.05) is 11.6 Å². The summed E-state index contributed by atoms with van der Waals surface area (Å²) < 4.78 is 31.5. The van der Waals surface area contributed by atoms with Crippen molar-refractivity contribution >= 4 is 44.9 Å². The minimum atomic E-state index is -3.91. The van der Waals surface area contributed by atoms with Crippen molar-refractivity contribution in [1.29, 1.82) is 0 Å². The van der Waals surface area contributed by atoms with E-state index >= 15 is 0 Å². The normalized spacial score (nSPS) is 11.0. The van der Waals surface area contributed by atoms with Crippen LogP contribution in [0, 0.1) is 0 Å². The predicted molar refractivity (Wildman–Crippen MR) is 108 cm³/mol. The molecule has 2 rings (SSSR count). The number of carbonyl (C=O) groups excluding carboxylic acids is 2. The molecule has 0 saturated heterocycles.